The summed E-state index contributed by atoms with van der Waals surface area (Å²) in [7, 11) is 0. The molecule has 0 unspecified atom stereocenters. The zero-order valence-electron chi connectivity index (χ0n) is 12.4. The van der Waals surface area contributed by atoms with Gasteiger partial charge in [-0.15, -0.1) is 15.3 Å². The second-order valence-electron chi connectivity index (χ2n) is 5.39. The first-order valence-corrected chi connectivity index (χ1v) is 8.77. The average Bonchev–Trinajstić information content (AvgIpc) is 3.05. The van der Waals surface area contributed by atoms with Crippen LogP contribution in [-0.4, -0.2) is 19.8 Å². The van der Waals surface area contributed by atoms with Gasteiger partial charge in [0.05, 0.1) is 0 Å². The predicted molar refractivity (Wildman–Crippen MR) is 85.1 cm³/mol. The lowest BCUT2D eigenvalue weighted by Gasteiger charge is -2.08. The van der Waals surface area contributed by atoms with Crippen LogP contribution in [0.2, 0.25) is 0 Å². The minimum Gasteiger partial charge on any atom is -0.348 e. The Morgan fingerprint density at radius 1 is 1.27 bits per heavy atom. The number of hydrogen-bond donors (Lipinski definition) is 1. The van der Waals surface area contributed by atoms with Crippen molar-refractivity contribution in [2.24, 2.45) is 5.92 Å². The summed E-state index contributed by atoms with van der Waals surface area (Å²) >= 11 is 3.12. The summed E-state index contributed by atoms with van der Waals surface area (Å²) < 4.78 is 15.6. The monoisotopic (exact) mass is 338 g/mol. The summed E-state index contributed by atoms with van der Waals surface area (Å²) in [5.41, 5.74) is 5.20. The summed E-state index contributed by atoms with van der Waals surface area (Å²) in [4.78, 5) is 0.783. The first kappa shape index (κ1) is 15.4. The van der Waals surface area contributed by atoms with E-state index in [1.807, 2.05) is 0 Å². The van der Waals surface area contributed by atoms with Crippen molar-refractivity contribution in [1.82, 2.24) is 19.8 Å². The van der Waals surface area contributed by atoms with Gasteiger partial charge < -0.3 is 5.73 Å². The number of fused-ring (bicyclic) bond motifs is 1. The molecule has 3 N–H and O–H groups in total. The number of nitrogens with zero attached hydrogens (tertiary/aromatic N) is 4. The number of quaternary nitrogens is 1. The van der Waals surface area contributed by atoms with Gasteiger partial charge in [0.2, 0.25) is 10.8 Å². The highest BCUT2D eigenvalue weighted by atomic mass is 32.2. The number of hydrogen-bond acceptors (Lipinski definition) is 5. The second-order valence-corrected chi connectivity index (χ2v) is 7.56. The molecule has 2 heterocycles. The van der Waals surface area contributed by atoms with Crippen molar-refractivity contribution in [2.45, 2.75) is 30.0 Å². The number of aromatic nitrogens is 4. The summed E-state index contributed by atoms with van der Waals surface area (Å²) in [6.45, 7) is 4.21. The van der Waals surface area contributed by atoms with E-state index in [-0.39, 0.29) is 11.9 Å². The normalized spacial score (nSPS) is 13.1. The third-order valence-electron chi connectivity index (χ3n) is 3.41. The lowest BCUT2D eigenvalue weighted by Crippen LogP contribution is -2.56. The van der Waals surface area contributed by atoms with Crippen LogP contribution in [-0.2, 0) is 5.75 Å². The standard InChI is InChI=1S/C14H16FN5S2/c1-8(2)11(16)12-17-18-13-20(12)19-14(22-13)21-7-9-3-5-10(15)6-4-9/h3-6,8,11H,7,16H2,1-2H3/p+1/t11-/m0/s1. The summed E-state index contributed by atoms with van der Waals surface area (Å²) in [5.74, 6) is 1.71. The van der Waals surface area contributed by atoms with Gasteiger partial charge in [0.15, 0.2) is 4.34 Å². The quantitative estimate of drug-likeness (QED) is 0.726. The zero-order chi connectivity index (χ0) is 15.7. The van der Waals surface area contributed by atoms with E-state index in [9.17, 15) is 4.39 Å². The van der Waals surface area contributed by atoms with Crippen LogP contribution in [0.5, 0.6) is 0 Å². The molecule has 1 aromatic carbocycles. The van der Waals surface area contributed by atoms with E-state index < -0.39 is 0 Å². The van der Waals surface area contributed by atoms with Gasteiger partial charge in [-0.1, -0.05) is 49.1 Å². The van der Waals surface area contributed by atoms with Crippen molar-refractivity contribution < 1.29 is 10.1 Å². The first-order chi connectivity index (χ1) is 10.5. The van der Waals surface area contributed by atoms with Crippen LogP contribution >= 0.6 is 23.1 Å². The molecular weight excluding hydrogens is 321 g/mol. The van der Waals surface area contributed by atoms with Gasteiger partial charge in [0.1, 0.15) is 11.9 Å². The molecule has 5 nitrogen and oxygen atoms in total. The summed E-state index contributed by atoms with van der Waals surface area (Å²) in [5, 5.41) is 12.9. The van der Waals surface area contributed by atoms with Crippen molar-refractivity contribution in [1.29, 1.82) is 0 Å². The Hall–Kier alpha value is -1.51. The molecule has 116 valence electrons. The zero-order valence-corrected chi connectivity index (χ0v) is 14.0. The van der Waals surface area contributed by atoms with Gasteiger partial charge in [0.25, 0.3) is 0 Å². The maximum absolute atomic E-state index is 12.9. The maximum Gasteiger partial charge on any atom is 0.235 e. The highest BCUT2D eigenvalue weighted by molar-refractivity contribution is 8.00. The van der Waals surface area contributed by atoms with E-state index in [4.69, 9.17) is 0 Å². The van der Waals surface area contributed by atoms with Gasteiger partial charge in [-0.2, -0.15) is 4.52 Å². The lowest BCUT2D eigenvalue weighted by molar-refractivity contribution is -0.440. The van der Waals surface area contributed by atoms with Crippen LogP contribution < -0.4 is 5.73 Å². The van der Waals surface area contributed by atoms with E-state index >= 15 is 0 Å². The van der Waals surface area contributed by atoms with Gasteiger partial charge in [0, 0.05) is 11.7 Å². The summed E-state index contributed by atoms with van der Waals surface area (Å²) in [6, 6.07) is 6.59. The number of benzene rings is 1. The topological polar surface area (TPSA) is 70.7 Å². The molecule has 3 rings (SSSR count). The van der Waals surface area contributed by atoms with E-state index in [1.165, 1.54) is 23.5 Å². The van der Waals surface area contributed by atoms with Gasteiger partial charge in [-0.05, 0) is 17.7 Å². The predicted octanol–water partition coefficient (Wildman–Crippen LogP) is 2.56. The Morgan fingerprint density at radius 3 is 2.68 bits per heavy atom. The average molecular weight is 338 g/mol. The number of thioether (sulfide) groups is 1. The SMILES string of the molecule is CC(C)[C@H]([NH3+])c1nnc2sc(SCc3ccc(F)cc3)nn12. The van der Waals surface area contributed by atoms with Crippen molar-refractivity contribution in [3.05, 3.63) is 41.5 Å². The molecule has 0 spiro atoms. The molecule has 0 aliphatic heterocycles. The minimum atomic E-state index is -0.215. The number of halogens is 1. The molecule has 1 atom stereocenters. The molecule has 22 heavy (non-hydrogen) atoms. The molecule has 0 saturated heterocycles. The van der Waals surface area contributed by atoms with Crippen LogP contribution in [0.25, 0.3) is 4.96 Å². The fourth-order valence-corrected chi connectivity index (χ4v) is 3.77. The third-order valence-corrected chi connectivity index (χ3v) is 5.51. The molecule has 8 heteroatoms. The van der Waals surface area contributed by atoms with Crippen LogP contribution in [0.15, 0.2) is 28.6 Å². The van der Waals surface area contributed by atoms with E-state index in [0.717, 1.165) is 26.4 Å². The number of rotatable bonds is 5. The van der Waals surface area contributed by atoms with Crippen molar-refractivity contribution >= 4 is 28.1 Å². The van der Waals surface area contributed by atoms with Crippen molar-refractivity contribution in [2.75, 3.05) is 0 Å². The van der Waals surface area contributed by atoms with E-state index in [1.54, 1.807) is 28.4 Å². The molecular formula is C14H17FN5S2+. The second kappa shape index (κ2) is 6.31. The van der Waals surface area contributed by atoms with Crippen LogP contribution in [0, 0.1) is 11.7 Å². The molecule has 0 aliphatic rings. The fourth-order valence-electron chi connectivity index (χ4n) is 1.93. The Labute approximate surface area is 135 Å². The smallest absolute Gasteiger partial charge is 0.235 e. The van der Waals surface area contributed by atoms with Crippen molar-refractivity contribution in [3.8, 4) is 0 Å². The van der Waals surface area contributed by atoms with Crippen LogP contribution in [0.3, 0.4) is 0 Å². The van der Waals surface area contributed by atoms with Gasteiger partial charge in [-0.3, -0.25) is 0 Å². The van der Waals surface area contributed by atoms with Gasteiger partial charge >= 0.3 is 0 Å². The fraction of sp³-hybridized carbons (Fsp3) is 0.357. The Bertz CT molecular complexity index is 765. The maximum atomic E-state index is 12.9. The minimum absolute atomic E-state index is 0.0621. The van der Waals surface area contributed by atoms with Crippen LogP contribution in [0.1, 0.15) is 31.3 Å². The first-order valence-electron chi connectivity index (χ1n) is 6.97. The Morgan fingerprint density at radius 2 is 2.00 bits per heavy atom. The summed E-state index contributed by atoms with van der Waals surface area (Å²) in [6.07, 6.45) is 0. The Balaban J connectivity index is 1.76. The van der Waals surface area contributed by atoms with Crippen LogP contribution in [0.4, 0.5) is 4.39 Å². The molecule has 0 radical (unpaired) electrons. The van der Waals surface area contributed by atoms with Gasteiger partial charge in [-0.25, -0.2) is 4.39 Å². The molecule has 2 aromatic heterocycles. The molecule has 0 bridgehead atoms. The lowest BCUT2D eigenvalue weighted by atomic mass is 10.1. The molecule has 0 saturated carbocycles. The largest absolute Gasteiger partial charge is 0.348 e. The molecule has 0 aliphatic carbocycles. The molecule has 3 aromatic rings. The highest BCUT2D eigenvalue weighted by Crippen LogP contribution is 2.28. The van der Waals surface area contributed by atoms with E-state index in [0.29, 0.717) is 5.92 Å². The molecule has 0 amide bonds. The third kappa shape index (κ3) is 3.13. The van der Waals surface area contributed by atoms with E-state index in [2.05, 4.69) is 34.9 Å². The highest BCUT2D eigenvalue weighted by Gasteiger charge is 2.23. The Kier molecular flexibility index (Phi) is 4.42. The van der Waals surface area contributed by atoms with Crippen molar-refractivity contribution in [3.63, 3.8) is 0 Å². The molecule has 0 fully saturated rings.